The van der Waals surface area contributed by atoms with Gasteiger partial charge in [0, 0.05) is 33.4 Å². The average molecular weight is 1790 g/mol. The second-order valence-corrected chi connectivity index (χ2v) is 37.9. The number of carboxylic acid groups (broad SMARTS) is 6. The highest BCUT2D eigenvalue weighted by molar-refractivity contribution is 6.21. The van der Waals surface area contributed by atoms with E-state index in [4.69, 9.17) is 0 Å². The monoisotopic (exact) mass is 1790 g/mol. The quantitative estimate of drug-likeness (QED) is 0.0553. The Morgan fingerprint density at radius 1 is 0.127 bits per heavy atom. The number of carbonyl (C=O) groups is 6. The zero-order chi connectivity index (χ0) is 96.8. The number of carbonyl (C=O) groups excluding carboxylic acids is 6. The Morgan fingerprint density at radius 3 is 0.206 bits per heavy atom. The molecular weight excluding hydrogens is 1570 g/mol. The van der Waals surface area contributed by atoms with Gasteiger partial charge in [0.15, 0.2) is 0 Å². The summed E-state index contributed by atoms with van der Waals surface area (Å²) >= 11 is 0. The minimum atomic E-state index is -2.66. The molecule has 0 fully saturated rings. The molecule has 0 radical (unpaired) electrons. The molecule has 1 rings (SSSR count). The fourth-order valence-electron chi connectivity index (χ4n) is 17.8. The van der Waals surface area contributed by atoms with Crippen LogP contribution in [0.15, 0.2) is 0 Å². The molecule has 0 heterocycles. The smallest absolute Gasteiger partial charge is 0.0786 e. The Bertz CT molecular complexity index is 1990. The third-order valence-electron chi connectivity index (χ3n) is 26.4. The van der Waals surface area contributed by atoms with Crippen molar-refractivity contribution in [3.8, 4) is 0 Å². The Balaban J connectivity index is -0.000000335. The van der Waals surface area contributed by atoms with Crippen LogP contribution >= 0.6 is 0 Å². The lowest BCUT2D eigenvalue weighted by Crippen LogP contribution is -2.50. The summed E-state index contributed by atoms with van der Waals surface area (Å²) in [5, 5.41) is 66.0. The molecular formula is C108H216N6O12. The van der Waals surface area contributed by atoms with E-state index in [1.807, 2.05) is 0 Å². The van der Waals surface area contributed by atoms with Crippen LogP contribution in [0.2, 0.25) is 0 Å². The van der Waals surface area contributed by atoms with Crippen LogP contribution in [0.3, 0.4) is 0 Å². The van der Waals surface area contributed by atoms with Crippen molar-refractivity contribution in [1.82, 2.24) is 0 Å². The Kier molecular flexibility index (Phi) is 93.3. The standard InChI is InChI=1S/6C16H36N.C12H6O12/c6*1-5-9-13-17(14-10-6-2,15-11-7-3)16-12-8-4;13-7(14)1-2(8(15)16)4(10(19)20)6(12(23)24)5(11(21)22)3(1)9(17)18/h6*5-16H2,1-4H3;(H,13,14)(H,15,16)(H,17,18)(H,19,20)(H,21,22)(H,23,24)/q6*+1;/p-6. The van der Waals surface area contributed by atoms with E-state index in [1.54, 1.807) is 0 Å². The highest BCUT2D eigenvalue weighted by Crippen LogP contribution is 2.29. The molecule has 126 heavy (non-hydrogen) atoms. The average Bonchev–Trinajstić information content (AvgIpc) is 0.737. The first-order valence-corrected chi connectivity index (χ1v) is 54.0. The summed E-state index contributed by atoms with van der Waals surface area (Å²) in [6.07, 6.45) is 66.4. The van der Waals surface area contributed by atoms with Gasteiger partial charge in [-0.05, 0) is 154 Å². The highest BCUT2D eigenvalue weighted by Gasteiger charge is 2.32. The predicted molar refractivity (Wildman–Crippen MR) is 529 cm³/mol. The number of carboxylic acids is 6. The number of aromatic carboxylic acids is 6. The Labute approximate surface area is 782 Å². The molecule has 0 saturated carbocycles. The summed E-state index contributed by atoms with van der Waals surface area (Å²) in [7, 11) is 0. The van der Waals surface area contributed by atoms with E-state index >= 15 is 0 Å². The van der Waals surface area contributed by atoms with E-state index in [0.29, 0.717) is 0 Å². The molecule has 0 unspecified atom stereocenters. The van der Waals surface area contributed by atoms with E-state index in [-0.39, 0.29) is 0 Å². The zero-order valence-electron chi connectivity index (χ0n) is 88.5. The molecule has 1 aromatic rings. The molecule has 750 valence electrons. The summed E-state index contributed by atoms with van der Waals surface area (Å²) in [4.78, 5) is 66.0. The molecule has 1 aromatic carbocycles. The van der Waals surface area contributed by atoms with Crippen molar-refractivity contribution >= 4 is 35.8 Å². The van der Waals surface area contributed by atoms with Crippen LogP contribution in [0.1, 0.15) is 537 Å². The van der Waals surface area contributed by atoms with Gasteiger partial charge in [0.2, 0.25) is 0 Å². The summed E-state index contributed by atoms with van der Waals surface area (Å²) in [5.74, 6) is -16.0. The van der Waals surface area contributed by atoms with E-state index in [9.17, 15) is 59.4 Å². The van der Waals surface area contributed by atoms with E-state index in [2.05, 4.69) is 166 Å². The van der Waals surface area contributed by atoms with Gasteiger partial charge in [-0.3, -0.25) is 0 Å². The molecule has 0 saturated heterocycles. The molecule has 0 bridgehead atoms. The normalized spacial score (nSPS) is 11.6. The number of benzene rings is 1. The van der Waals surface area contributed by atoms with Gasteiger partial charge >= 0.3 is 0 Å². The molecule has 18 nitrogen and oxygen atoms in total. The van der Waals surface area contributed by atoms with Gasteiger partial charge in [0.05, 0.1) is 193 Å². The Morgan fingerprint density at radius 2 is 0.175 bits per heavy atom. The number of unbranched alkanes of at least 4 members (excludes halogenated alkanes) is 24. The number of rotatable bonds is 78. The predicted octanol–water partition coefficient (Wildman–Crippen LogP) is 21.9. The van der Waals surface area contributed by atoms with E-state index in [1.165, 1.54) is 492 Å². The first kappa shape index (κ1) is 133. The summed E-state index contributed by atoms with van der Waals surface area (Å²) in [6, 6.07) is 0. The van der Waals surface area contributed by atoms with Crippen molar-refractivity contribution in [3.05, 3.63) is 33.4 Å². The van der Waals surface area contributed by atoms with Gasteiger partial charge in [-0.15, -0.1) is 0 Å². The highest BCUT2D eigenvalue weighted by atomic mass is 16.4. The second-order valence-electron chi connectivity index (χ2n) is 37.9. The maximum Gasteiger partial charge on any atom is 0.0786 e. The zero-order valence-corrected chi connectivity index (χ0v) is 88.5. The number of hydrogen-bond acceptors (Lipinski definition) is 12. The van der Waals surface area contributed by atoms with Crippen LogP contribution < -0.4 is 30.6 Å². The van der Waals surface area contributed by atoms with E-state index < -0.39 is 69.2 Å². The summed E-state index contributed by atoms with van der Waals surface area (Å²) in [5.41, 5.74) is -12.0. The van der Waals surface area contributed by atoms with Crippen LogP contribution in [0.4, 0.5) is 0 Å². The summed E-state index contributed by atoms with van der Waals surface area (Å²) in [6.45, 7) is 90.1. The molecule has 0 aromatic heterocycles. The largest absolute Gasteiger partial charge is 0.545 e. The lowest BCUT2D eigenvalue weighted by atomic mass is 9.86. The van der Waals surface area contributed by atoms with Gasteiger partial charge in [-0.2, -0.15) is 0 Å². The van der Waals surface area contributed by atoms with Crippen molar-refractivity contribution < 1.29 is 86.3 Å². The van der Waals surface area contributed by atoms with Crippen molar-refractivity contribution in [2.24, 2.45) is 0 Å². The van der Waals surface area contributed by atoms with Crippen LogP contribution in [0.5, 0.6) is 0 Å². The number of hydrogen-bond donors (Lipinski definition) is 0. The molecule has 0 atom stereocenters. The van der Waals surface area contributed by atoms with Gasteiger partial charge in [-0.1, -0.05) is 320 Å². The fraction of sp³-hybridized carbons (Fsp3) is 0.889. The number of quaternary nitrogens is 6. The molecule has 0 spiro atoms. The third kappa shape index (κ3) is 63.0. The minimum Gasteiger partial charge on any atom is -0.545 e. The molecule has 0 amide bonds. The topological polar surface area (TPSA) is 241 Å². The maximum atomic E-state index is 11.0. The Hall–Kier alpha value is -4.20. The molecule has 18 heteroatoms. The second kappa shape index (κ2) is 88.7. The van der Waals surface area contributed by atoms with Crippen LogP contribution in [-0.2, 0) is 0 Å². The lowest BCUT2D eigenvalue weighted by molar-refractivity contribution is -0.929. The van der Waals surface area contributed by atoms with Crippen LogP contribution in [-0.4, -0.2) is 220 Å². The van der Waals surface area contributed by atoms with Gasteiger partial charge in [-0.25, -0.2) is 0 Å². The molecule has 0 aliphatic carbocycles. The van der Waals surface area contributed by atoms with Crippen LogP contribution in [0, 0.1) is 0 Å². The van der Waals surface area contributed by atoms with Gasteiger partial charge in [0.1, 0.15) is 0 Å². The van der Waals surface area contributed by atoms with Crippen molar-refractivity contribution in [3.63, 3.8) is 0 Å². The first-order chi connectivity index (χ1) is 60.4. The molecule has 0 N–H and O–H groups in total. The molecule has 0 aliphatic rings. The van der Waals surface area contributed by atoms with E-state index in [0.717, 1.165) is 0 Å². The summed E-state index contributed by atoms with van der Waals surface area (Å²) < 4.78 is 8.52. The fourth-order valence-corrected chi connectivity index (χ4v) is 17.8. The van der Waals surface area contributed by atoms with Crippen LogP contribution in [0.25, 0.3) is 0 Å². The SMILES string of the molecule is CCCC[N+](CCCC)(CCCC)CCCC.CCCC[N+](CCCC)(CCCC)CCCC.CCCC[N+](CCCC)(CCCC)CCCC.CCCC[N+](CCCC)(CCCC)CCCC.CCCC[N+](CCCC)(CCCC)CCCC.CCCC[N+](CCCC)(CCCC)CCCC.O=C([O-])c1c(C(=O)[O-])c(C(=O)[O-])c(C(=O)[O-])c(C(=O)[O-])c1C(=O)[O-]. The maximum absolute atomic E-state index is 11.0. The number of nitrogens with zero attached hydrogens (tertiary/aromatic N) is 6. The van der Waals surface area contributed by atoms with Crippen molar-refractivity contribution in [1.29, 1.82) is 0 Å². The minimum absolute atomic E-state index is 1.35. The van der Waals surface area contributed by atoms with Gasteiger partial charge in [0.25, 0.3) is 0 Å². The lowest BCUT2D eigenvalue weighted by Gasteiger charge is -2.39. The first-order valence-electron chi connectivity index (χ1n) is 54.0. The van der Waals surface area contributed by atoms with Gasteiger partial charge < -0.3 is 86.3 Å². The van der Waals surface area contributed by atoms with Crippen molar-refractivity contribution in [2.45, 2.75) is 474 Å². The molecule has 0 aliphatic heterocycles. The third-order valence-corrected chi connectivity index (χ3v) is 26.4. The van der Waals surface area contributed by atoms with Crippen molar-refractivity contribution in [2.75, 3.05) is 157 Å².